The minimum atomic E-state index is 0.464. The molecule has 0 radical (unpaired) electrons. The quantitative estimate of drug-likeness (QED) is 0.646. The van der Waals surface area contributed by atoms with Gasteiger partial charge >= 0.3 is 0 Å². The van der Waals surface area contributed by atoms with Crippen molar-refractivity contribution in [3.8, 4) is 0 Å². The fraction of sp³-hybridized carbons (Fsp3) is 0.769. The minimum absolute atomic E-state index is 0.464. The summed E-state index contributed by atoms with van der Waals surface area (Å²) < 4.78 is 15.9. The molecule has 102 valence electrons. The molecule has 1 aliphatic carbocycles. The standard InChI is InChI=1S/C13H22N2O3/c1-2-5-16-6-7-17-10-13-8-12(15-18-13)9-14-11-3-4-11/h8,11,14H,2-7,9-10H2,1H3. The van der Waals surface area contributed by atoms with Gasteiger partial charge in [0.1, 0.15) is 6.61 Å². The first-order chi connectivity index (χ1) is 8.88. The van der Waals surface area contributed by atoms with Crippen LogP contribution in [0.5, 0.6) is 0 Å². The second-order valence-electron chi connectivity index (χ2n) is 4.60. The summed E-state index contributed by atoms with van der Waals surface area (Å²) in [6.07, 6.45) is 3.61. The van der Waals surface area contributed by atoms with E-state index >= 15 is 0 Å². The van der Waals surface area contributed by atoms with E-state index in [9.17, 15) is 0 Å². The van der Waals surface area contributed by atoms with E-state index in [4.69, 9.17) is 14.0 Å². The number of rotatable bonds is 10. The molecule has 0 saturated heterocycles. The lowest BCUT2D eigenvalue weighted by Crippen LogP contribution is -2.15. The lowest BCUT2D eigenvalue weighted by molar-refractivity contribution is 0.0333. The Bertz CT molecular complexity index is 337. The molecule has 1 aromatic rings. The van der Waals surface area contributed by atoms with Crippen LogP contribution < -0.4 is 5.32 Å². The molecule has 5 nitrogen and oxygen atoms in total. The molecule has 2 rings (SSSR count). The molecule has 0 amide bonds. The van der Waals surface area contributed by atoms with Crippen molar-refractivity contribution in [3.05, 3.63) is 17.5 Å². The number of nitrogens with zero attached hydrogens (tertiary/aromatic N) is 1. The minimum Gasteiger partial charge on any atom is -0.379 e. The van der Waals surface area contributed by atoms with Crippen LogP contribution in [0.3, 0.4) is 0 Å². The third kappa shape index (κ3) is 5.16. The van der Waals surface area contributed by atoms with Crippen LogP contribution in [0.15, 0.2) is 10.6 Å². The summed E-state index contributed by atoms with van der Waals surface area (Å²) in [4.78, 5) is 0. The highest BCUT2D eigenvalue weighted by Crippen LogP contribution is 2.19. The highest BCUT2D eigenvalue weighted by molar-refractivity contribution is 5.04. The average molecular weight is 254 g/mol. The van der Waals surface area contributed by atoms with Gasteiger partial charge in [-0.25, -0.2) is 0 Å². The van der Waals surface area contributed by atoms with E-state index in [1.54, 1.807) is 0 Å². The normalized spacial score (nSPS) is 15.2. The predicted octanol–water partition coefficient (Wildman–Crippen LogP) is 1.87. The van der Waals surface area contributed by atoms with Gasteiger partial charge in [-0.15, -0.1) is 0 Å². The van der Waals surface area contributed by atoms with Crippen molar-refractivity contribution in [2.45, 2.75) is 45.4 Å². The molecule has 1 fully saturated rings. The van der Waals surface area contributed by atoms with E-state index in [0.29, 0.717) is 25.9 Å². The Morgan fingerprint density at radius 1 is 1.33 bits per heavy atom. The first kappa shape index (κ1) is 13.5. The maximum absolute atomic E-state index is 5.44. The zero-order valence-corrected chi connectivity index (χ0v) is 11.0. The van der Waals surface area contributed by atoms with E-state index in [1.807, 2.05) is 6.07 Å². The Labute approximate surface area is 108 Å². The number of hydrogen-bond donors (Lipinski definition) is 1. The van der Waals surface area contributed by atoms with E-state index in [-0.39, 0.29) is 0 Å². The van der Waals surface area contributed by atoms with Crippen LogP contribution in [-0.2, 0) is 22.6 Å². The van der Waals surface area contributed by atoms with Gasteiger partial charge in [-0.2, -0.15) is 0 Å². The van der Waals surface area contributed by atoms with Crippen LogP contribution in [-0.4, -0.2) is 31.0 Å². The Balaban J connectivity index is 1.54. The van der Waals surface area contributed by atoms with Crippen LogP contribution in [0.1, 0.15) is 37.6 Å². The van der Waals surface area contributed by atoms with Gasteiger partial charge in [0, 0.05) is 25.3 Å². The molecule has 0 spiro atoms. The molecule has 0 bridgehead atoms. The van der Waals surface area contributed by atoms with Crippen LogP contribution in [0.4, 0.5) is 0 Å². The molecule has 0 aliphatic heterocycles. The van der Waals surface area contributed by atoms with E-state index in [2.05, 4.69) is 17.4 Å². The molecule has 1 N–H and O–H groups in total. The summed E-state index contributed by atoms with van der Waals surface area (Å²) in [5.41, 5.74) is 0.947. The van der Waals surface area contributed by atoms with Crippen molar-refractivity contribution < 1.29 is 14.0 Å². The van der Waals surface area contributed by atoms with Crippen LogP contribution in [0.2, 0.25) is 0 Å². The van der Waals surface area contributed by atoms with Gasteiger partial charge in [-0.1, -0.05) is 12.1 Å². The zero-order chi connectivity index (χ0) is 12.6. The highest BCUT2D eigenvalue weighted by atomic mass is 16.5. The molecular formula is C13H22N2O3. The van der Waals surface area contributed by atoms with Crippen molar-refractivity contribution in [3.63, 3.8) is 0 Å². The monoisotopic (exact) mass is 254 g/mol. The second kappa shape index (κ2) is 7.51. The number of ether oxygens (including phenoxy) is 2. The number of hydrogen-bond acceptors (Lipinski definition) is 5. The largest absolute Gasteiger partial charge is 0.379 e. The Kier molecular flexibility index (Phi) is 5.64. The predicted molar refractivity (Wildman–Crippen MR) is 67.1 cm³/mol. The zero-order valence-electron chi connectivity index (χ0n) is 11.0. The van der Waals surface area contributed by atoms with E-state index < -0.39 is 0 Å². The molecule has 1 aromatic heterocycles. The van der Waals surface area contributed by atoms with Crippen molar-refractivity contribution in [1.29, 1.82) is 0 Å². The smallest absolute Gasteiger partial charge is 0.162 e. The van der Waals surface area contributed by atoms with Gasteiger partial charge in [0.2, 0.25) is 0 Å². The van der Waals surface area contributed by atoms with Crippen molar-refractivity contribution in [2.75, 3.05) is 19.8 Å². The third-order valence-electron chi connectivity index (χ3n) is 2.72. The molecule has 0 atom stereocenters. The molecular weight excluding hydrogens is 232 g/mol. The fourth-order valence-electron chi connectivity index (χ4n) is 1.58. The molecule has 0 unspecified atom stereocenters. The molecule has 0 aromatic carbocycles. The number of nitrogens with one attached hydrogen (secondary N) is 1. The van der Waals surface area contributed by atoms with Gasteiger partial charge in [0.25, 0.3) is 0 Å². The molecule has 18 heavy (non-hydrogen) atoms. The van der Waals surface area contributed by atoms with E-state index in [0.717, 1.165) is 31.0 Å². The average Bonchev–Trinajstić information content (AvgIpc) is 3.11. The Hall–Kier alpha value is -0.910. The maximum Gasteiger partial charge on any atom is 0.162 e. The van der Waals surface area contributed by atoms with Crippen molar-refractivity contribution >= 4 is 0 Å². The van der Waals surface area contributed by atoms with E-state index in [1.165, 1.54) is 12.8 Å². The Morgan fingerprint density at radius 2 is 2.17 bits per heavy atom. The molecule has 5 heteroatoms. The van der Waals surface area contributed by atoms with Gasteiger partial charge in [0.15, 0.2) is 5.76 Å². The summed E-state index contributed by atoms with van der Waals surface area (Å²) >= 11 is 0. The third-order valence-corrected chi connectivity index (χ3v) is 2.72. The summed E-state index contributed by atoms with van der Waals surface area (Å²) in [7, 11) is 0. The fourth-order valence-corrected chi connectivity index (χ4v) is 1.58. The van der Waals surface area contributed by atoms with Gasteiger partial charge < -0.3 is 19.3 Å². The summed E-state index contributed by atoms with van der Waals surface area (Å²) in [5.74, 6) is 0.776. The van der Waals surface area contributed by atoms with Crippen molar-refractivity contribution in [2.24, 2.45) is 0 Å². The van der Waals surface area contributed by atoms with Gasteiger partial charge in [-0.05, 0) is 19.3 Å². The van der Waals surface area contributed by atoms with Gasteiger partial charge in [-0.3, -0.25) is 0 Å². The Morgan fingerprint density at radius 3 is 2.94 bits per heavy atom. The van der Waals surface area contributed by atoms with Crippen LogP contribution in [0.25, 0.3) is 0 Å². The summed E-state index contributed by atoms with van der Waals surface area (Å²) in [6, 6.07) is 2.64. The topological polar surface area (TPSA) is 56.5 Å². The molecule has 1 saturated carbocycles. The van der Waals surface area contributed by atoms with Gasteiger partial charge in [0.05, 0.1) is 18.9 Å². The highest BCUT2D eigenvalue weighted by Gasteiger charge is 2.20. The lowest BCUT2D eigenvalue weighted by atomic mass is 10.3. The maximum atomic E-state index is 5.44. The van der Waals surface area contributed by atoms with Crippen LogP contribution >= 0.6 is 0 Å². The molecule has 1 aliphatic rings. The second-order valence-corrected chi connectivity index (χ2v) is 4.60. The summed E-state index contributed by atoms with van der Waals surface area (Å²) in [6.45, 7) is 5.36. The molecule has 1 heterocycles. The van der Waals surface area contributed by atoms with Crippen molar-refractivity contribution in [1.82, 2.24) is 10.5 Å². The number of aromatic nitrogens is 1. The summed E-state index contributed by atoms with van der Waals surface area (Å²) in [5, 5.41) is 7.39. The lowest BCUT2D eigenvalue weighted by Gasteiger charge is -2.02. The van der Waals surface area contributed by atoms with Crippen LogP contribution in [0, 0.1) is 0 Å². The SMILES string of the molecule is CCCOCCOCc1cc(CNC2CC2)no1. The first-order valence-electron chi connectivity index (χ1n) is 6.72. The first-order valence-corrected chi connectivity index (χ1v) is 6.72.